The minimum Gasteiger partial charge on any atom is -0.375 e. The molecule has 0 aromatic heterocycles. The molecule has 0 radical (unpaired) electrons. The van der Waals surface area contributed by atoms with Crippen molar-refractivity contribution in [2.24, 2.45) is 5.41 Å². The number of ether oxygens (including phenoxy) is 1. The predicted molar refractivity (Wildman–Crippen MR) is 84.2 cm³/mol. The van der Waals surface area contributed by atoms with E-state index < -0.39 is 15.4 Å². The van der Waals surface area contributed by atoms with Crippen LogP contribution in [0.5, 0.6) is 0 Å². The SMILES string of the molecule is CCN1C[C@@]2(CC1=O)CN(C(=O)COC)CCN(S(C)(=O)=O)C2. The van der Waals surface area contributed by atoms with Crippen molar-refractivity contribution in [3.63, 3.8) is 0 Å². The standard InChI is InChI=1S/C14H25N3O5S/c1-4-15-9-14(7-12(15)18)10-16(13(19)8-22-2)5-6-17(11-14)23(3,20)21/h4-11H2,1-3H3/t14-/m0/s1. The largest absolute Gasteiger partial charge is 0.375 e. The number of methoxy groups -OCH3 is 1. The summed E-state index contributed by atoms with van der Waals surface area (Å²) in [5, 5.41) is 0. The lowest BCUT2D eigenvalue weighted by atomic mass is 9.86. The predicted octanol–water partition coefficient (Wildman–Crippen LogP) is -1.02. The smallest absolute Gasteiger partial charge is 0.248 e. The molecule has 2 aliphatic heterocycles. The number of rotatable bonds is 4. The molecule has 2 rings (SSSR count). The van der Waals surface area contributed by atoms with Gasteiger partial charge in [-0.05, 0) is 6.92 Å². The monoisotopic (exact) mass is 347 g/mol. The number of carbonyl (C=O) groups is 2. The maximum absolute atomic E-state index is 12.2. The molecule has 0 unspecified atom stereocenters. The Morgan fingerprint density at radius 3 is 2.48 bits per heavy atom. The molecule has 0 saturated carbocycles. The number of amides is 2. The first-order valence-electron chi connectivity index (χ1n) is 7.70. The van der Waals surface area contributed by atoms with Crippen LogP contribution in [-0.2, 0) is 24.3 Å². The number of carbonyl (C=O) groups excluding carboxylic acids is 2. The van der Waals surface area contributed by atoms with Crippen LogP contribution in [0.25, 0.3) is 0 Å². The summed E-state index contributed by atoms with van der Waals surface area (Å²) in [6.07, 6.45) is 1.44. The average molecular weight is 347 g/mol. The van der Waals surface area contributed by atoms with Gasteiger partial charge in [-0.25, -0.2) is 8.42 Å². The minimum atomic E-state index is -3.38. The Hall–Kier alpha value is -1.19. The summed E-state index contributed by atoms with van der Waals surface area (Å²) in [5.41, 5.74) is -0.546. The Morgan fingerprint density at radius 1 is 1.26 bits per heavy atom. The van der Waals surface area contributed by atoms with Gasteiger partial charge in [-0.3, -0.25) is 9.59 Å². The highest BCUT2D eigenvalue weighted by molar-refractivity contribution is 7.88. The van der Waals surface area contributed by atoms with Gasteiger partial charge in [-0.2, -0.15) is 4.31 Å². The molecule has 0 bridgehead atoms. The Labute approximate surface area is 137 Å². The van der Waals surface area contributed by atoms with Gasteiger partial charge in [0.25, 0.3) is 0 Å². The van der Waals surface area contributed by atoms with Crippen molar-refractivity contribution in [2.45, 2.75) is 13.3 Å². The average Bonchev–Trinajstić information content (AvgIpc) is 2.64. The lowest BCUT2D eigenvalue weighted by molar-refractivity contribution is -0.136. The summed E-state index contributed by atoms with van der Waals surface area (Å²) < 4.78 is 30.3. The fourth-order valence-corrected chi connectivity index (χ4v) is 4.33. The highest BCUT2D eigenvalue weighted by Gasteiger charge is 2.48. The normalized spacial score (nSPS) is 26.8. The molecule has 2 amide bonds. The lowest BCUT2D eigenvalue weighted by Gasteiger charge is -2.33. The lowest BCUT2D eigenvalue weighted by Crippen LogP contribution is -2.45. The van der Waals surface area contributed by atoms with Crippen LogP contribution in [0.4, 0.5) is 0 Å². The van der Waals surface area contributed by atoms with Gasteiger partial charge < -0.3 is 14.5 Å². The first-order chi connectivity index (χ1) is 10.7. The molecule has 1 spiro atoms. The molecule has 0 aliphatic carbocycles. The van der Waals surface area contributed by atoms with E-state index in [2.05, 4.69) is 0 Å². The molecule has 9 heteroatoms. The van der Waals surface area contributed by atoms with Crippen LogP contribution < -0.4 is 0 Å². The maximum atomic E-state index is 12.2. The van der Waals surface area contributed by atoms with Crippen LogP contribution in [0.2, 0.25) is 0 Å². The molecule has 0 aromatic carbocycles. The third kappa shape index (κ3) is 4.02. The Kier molecular flexibility index (Phi) is 5.32. The zero-order chi connectivity index (χ0) is 17.3. The maximum Gasteiger partial charge on any atom is 0.248 e. The molecule has 2 saturated heterocycles. The summed E-state index contributed by atoms with van der Waals surface area (Å²) >= 11 is 0. The van der Waals surface area contributed by atoms with E-state index in [1.54, 1.807) is 9.80 Å². The van der Waals surface area contributed by atoms with Crippen molar-refractivity contribution >= 4 is 21.8 Å². The molecular weight excluding hydrogens is 322 g/mol. The van der Waals surface area contributed by atoms with E-state index >= 15 is 0 Å². The summed E-state index contributed by atoms with van der Waals surface area (Å²) in [4.78, 5) is 27.7. The van der Waals surface area contributed by atoms with Gasteiger partial charge >= 0.3 is 0 Å². The van der Waals surface area contributed by atoms with Crippen LogP contribution in [0.15, 0.2) is 0 Å². The molecule has 8 nitrogen and oxygen atoms in total. The second kappa shape index (κ2) is 6.74. The zero-order valence-electron chi connectivity index (χ0n) is 13.9. The molecule has 23 heavy (non-hydrogen) atoms. The number of sulfonamides is 1. The number of hydrogen-bond donors (Lipinski definition) is 0. The zero-order valence-corrected chi connectivity index (χ0v) is 14.8. The Bertz CT molecular complexity index is 579. The second-order valence-electron chi connectivity index (χ2n) is 6.43. The topological polar surface area (TPSA) is 87.2 Å². The van der Waals surface area contributed by atoms with Gasteiger partial charge in [0.15, 0.2) is 0 Å². The first-order valence-corrected chi connectivity index (χ1v) is 9.55. The van der Waals surface area contributed by atoms with Crippen molar-refractivity contribution < 1.29 is 22.7 Å². The van der Waals surface area contributed by atoms with Crippen LogP contribution >= 0.6 is 0 Å². The fraction of sp³-hybridized carbons (Fsp3) is 0.857. The molecule has 2 fully saturated rings. The van der Waals surface area contributed by atoms with Crippen LogP contribution in [0.3, 0.4) is 0 Å². The van der Waals surface area contributed by atoms with Crippen molar-refractivity contribution in [2.75, 3.05) is 59.2 Å². The molecule has 132 valence electrons. The number of nitrogens with zero attached hydrogens (tertiary/aromatic N) is 3. The molecular formula is C14H25N3O5S. The highest BCUT2D eigenvalue weighted by atomic mass is 32.2. The van der Waals surface area contributed by atoms with Gasteiger partial charge in [0, 0.05) is 58.2 Å². The van der Waals surface area contributed by atoms with Gasteiger partial charge in [-0.15, -0.1) is 0 Å². The van der Waals surface area contributed by atoms with E-state index in [-0.39, 0.29) is 37.9 Å². The van der Waals surface area contributed by atoms with E-state index in [0.29, 0.717) is 26.2 Å². The van der Waals surface area contributed by atoms with Crippen molar-refractivity contribution in [3.8, 4) is 0 Å². The third-order valence-corrected chi connectivity index (χ3v) is 5.78. The molecule has 0 N–H and O–H groups in total. The van der Waals surface area contributed by atoms with Gasteiger partial charge in [-0.1, -0.05) is 0 Å². The second-order valence-corrected chi connectivity index (χ2v) is 8.41. The third-order valence-electron chi connectivity index (χ3n) is 4.53. The Balaban J connectivity index is 2.29. The number of likely N-dealkylation sites (tertiary alicyclic amines) is 1. The minimum absolute atomic E-state index is 0.0157. The molecule has 1 atom stereocenters. The summed E-state index contributed by atoms with van der Waals surface area (Å²) in [7, 11) is -1.93. The van der Waals surface area contributed by atoms with Crippen LogP contribution in [0.1, 0.15) is 13.3 Å². The van der Waals surface area contributed by atoms with Crippen LogP contribution in [0, 0.1) is 5.41 Å². The van der Waals surface area contributed by atoms with Gasteiger partial charge in [0.1, 0.15) is 6.61 Å². The first kappa shape index (κ1) is 18.2. The number of hydrogen-bond acceptors (Lipinski definition) is 5. The highest BCUT2D eigenvalue weighted by Crippen LogP contribution is 2.35. The molecule has 2 heterocycles. The van der Waals surface area contributed by atoms with E-state index in [4.69, 9.17) is 4.74 Å². The van der Waals surface area contributed by atoms with Gasteiger partial charge in [0.05, 0.1) is 6.26 Å². The van der Waals surface area contributed by atoms with Crippen molar-refractivity contribution in [3.05, 3.63) is 0 Å². The molecule has 0 aromatic rings. The molecule has 2 aliphatic rings. The van der Waals surface area contributed by atoms with E-state index in [1.807, 2.05) is 6.92 Å². The van der Waals surface area contributed by atoms with E-state index in [9.17, 15) is 18.0 Å². The van der Waals surface area contributed by atoms with Crippen molar-refractivity contribution in [1.82, 2.24) is 14.1 Å². The quantitative estimate of drug-likeness (QED) is 0.649. The van der Waals surface area contributed by atoms with E-state index in [1.165, 1.54) is 17.7 Å². The van der Waals surface area contributed by atoms with Crippen LogP contribution in [-0.4, -0.2) is 93.6 Å². The summed E-state index contributed by atoms with van der Waals surface area (Å²) in [6, 6.07) is 0. The summed E-state index contributed by atoms with van der Waals surface area (Å²) in [5.74, 6) is -0.161. The van der Waals surface area contributed by atoms with Gasteiger partial charge in [0.2, 0.25) is 21.8 Å². The summed E-state index contributed by atoms with van der Waals surface area (Å²) in [6.45, 7) is 4.13. The van der Waals surface area contributed by atoms with Crippen molar-refractivity contribution in [1.29, 1.82) is 0 Å². The Morgan fingerprint density at radius 2 is 1.96 bits per heavy atom. The van der Waals surface area contributed by atoms with E-state index in [0.717, 1.165) is 0 Å². The fourth-order valence-electron chi connectivity index (χ4n) is 3.41.